The minimum atomic E-state index is 0.00900. The summed E-state index contributed by atoms with van der Waals surface area (Å²) in [6, 6.07) is 7.79. The zero-order valence-corrected chi connectivity index (χ0v) is 11.9. The lowest BCUT2D eigenvalue weighted by Crippen LogP contribution is -2.14. The molecule has 0 aromatic carbocycles. The predicted octanol–water partition coefficient (Wildman–Crippen LogP) is 3.81. The van der Waals surface area contributed by atoms with Crippen LogP contribution in [0.2, 0.25) is 0 Å². The quantitative estimate of drug-likeness (QED) is 0.792. The summed E-state index contributed by atoms with van der Waals surface area (Å²) in [7, 11) is 0. The Morgan fingerprint density at radius 1 is 1.17 bits per heavy atom. The molecule has 1 N–H and O–H groups in total. The van der Waals surface area contributed by atoms with E-state index in [2.05, 4.69) is 35.7 Å². The predicted molar refractivity (Wildman–Crippen MR) is 76.1 cm³/mol. The molecule has 0 aliphatic rings. The fourth-order valence-electron chi connectivity index (χ4n) is 1.66. The van der Waals surface area contributed by atoms with Gasteiger partial charge in [-0.3, -0.25) is 0 Å². The molecule has 0 radical (unpaired) electrons. The molecule has 0 bridgehead atoms. The normalized spacial score (nSPS) is 11.6. The van der Waals surface area contributed by atoms with Gasteiger partial charge in [-0.1, -0.05) is 39.1 Å². The van der Waals surface area contributed by atoms with Gasteiger partial charge in [0.15, 0.2) is 5.82 Å². The number of hydrogen-bond donors (Lipinski definition) is 1. The van der Waals surface area contributed by atoms with Crippen molar-refractivity contribution in [2.45, 2.75) is 33.1 Å². The third-order valence-electron chi connectivity index (χ3n) is 2.68. The van der Waals surface area contributed by atoms with Crippen molar-refractivity contribution in [2.24, 2.45) is 0 Å². The lowest BCUT2D eigenvalue weighted by molar-refractivity contribution is 0.567. The summed E-state index contributed by atoms with van der Waals surface area (Å²) in [4.78, 5) is 12.2. The van der Waals surface area contributed by atoms with Crippen molar-refractivity contribution >= 4 is 12.2 Å². The molecule has 4 heteroatoms. The van der Waals surface area contributed by atoms with Crippen LogP contribution in [0.25, 0.3) is 11.5 Å². The van der Waals surface area contributed by atoms with E-state index in [1.165, 1.54) is 0 Å². The number of aromatic nitrogens is 3. The lowest BCUT2D eigenvalue weighted by Gasteiger charge is -2.19. The Balaban J connectivity index is 2.59. The second-order valence-corrected chi connectivity index (χ2v) is 5.81. The monoisotopic (exact) mass is 259 g/mol. The first-order valence-electron chi connectivity index (χ1n) is 5.92. The topological polar surface area (TPSA) is 41.6 Å². The van der Waals surface area contributed by atoms with Gasteiger partial charge in [-0.25, -0.2) is 9.97 Å². The highest BCUT2D eigenvalue weighted by molar-refractivity contribution is 7.71. The third kappa shape index (κ3) is 2.82. The second kappa shape index (κ2) is 4.61. The van der Waals surface area contributed by atoms with Crippen LogP contribution in [0.1, 0.15) is 32.2 Å². The second-order valence-electron chi connectivity index (χ2n) is 5.40. The first-order valence-corrected chi connectivity index (χ1v) is 6.33. The molecule has 0 aliphatic carbocycles. The van der Waals surface area contributed by atoms with Crippen LogP contribution < -0.4 is 0 Å². The van der Waals surface area contributed by atoms with E-state index in [4.69, 9.17) is 12.2 Å². The van der Waals surface area contributed by atoms with Crippen LogP contribution in [-0.4, -0.2) is 15.0 Å². The summed E-state index contributed by atoms with van der Waals surface area (Å²) < 4.78 is 0.594. The molecule has 0 unspecified atom stereocenters. The molecule has 3 nitrogen and oxygen atoms in total. The summed E-state index contributed by atoms with van der Waals surface area (Å²) in [5.41, 5.74) is 2.87. The van der Waals surface area contributed by atoms with Crippen LogP contribution >= 0.6 is 12.2 Å². The SMILES string of the molecule is Cc1cccc(-c2nc(=S)cc(C(C)(C)C)[nH]2)n1. The average molecular weight is 259 g/mol. The molecule has 0 saturated carbocycles. The van der Waals surface area contributed by atoms with Crippen LogP contribution in [0.15, 0.2) is 24.3 Å². The molecule has 0 fully saturated rings. The van der Waals surface area contributed by atoms with Crippen molar-refractivity contribution in [3.63, 3.8) is 0 Å². The van der Waals surface area contributed by atoms with Crippen LogP contribution in [0.5, 0.6) is 0 Å². The molecule has 2 heterocycles. The van der Waals surface area contributed by atoms with Gasteiger partial charge >= 0.3 is 0 Å². The van der Waals surface area contributed by atoms with Gasteiger partial charge < -0.3 is 4.98 Å². The Kier molecular flexibility index (Phi) is 3.30. The molecular formula is C14H17N3S. The van der Waals surface area contributed by atoms with E-state index in [0.717, 1.165) is 22.9 Å². The van der Waals surface area contributed by atoms with Crippen molar-refractivity contribution in [1.29, 1.82) is 0 Å². The highest BCUT2D eigenvalue weighted by Crippen LogP contribution is 2.22. The molecule has 94 valence electrons. The minimum Gasteiger partial charge on any atom is -0.341 e. The number of nitrogens with one attached hydrogen (secondary N) is 1. The summed E-state index contributed by atoms with van der Waals surface area (Å²) in [6.07, 6.45) is 0. The van der Waals surface area contributed by atoms with Gasteiger partial charge in [-0.15, -0.1) is 0 Å². The molecule has 0 amide bonds. The van der Waals surface area contributed by atoms with Gasteiger partial charge in [0.25, 0.3) is 0 Å². The molecule has 0 atom stereocenters. The van der Waals surface area contributed by atoms with Crippen LogP contribution in [0.3, 0.4) is 0 Å². The fraction of sp³-hybridized carbons (Fsp3) is 0.357. The highest BCUT2D eigenvalue weighted by atomic mass is 32.1. The number of H-pyrrole nitrogens is 1. The van der Waals surface area contributed by atoms with Gasteiger partial charge in [-0.2, -0.15) is 0 Å². The first-order chi connectivity index (χ1) is 8.36. The summed E-state index contributed by atoms with van der Waals surface area (Å²) in [5, 5.41) is 0. The molecular weight excluding hydrogens is 242 g/mol. The van der Waals surface area contributed by atoms with E-state index in [1.807, 2.05) is 31.2 Å². The molecule has 0 aliphatic heterocycles. The van der Waals surface area contributed by atoms with Gasteiger partial charge in [0, 0.05) is 16.8 Å². The average Bonchev–Trinajstić information content (AvgIpc) is 2.27. The van der Waals surface area contributed by atoms with Crippen LogP contribution in [-0.2, 0) is 5.41 Å². The van der Waals surface area contributed by atoms with E-state index in [1.54, 1.807) is 0 Å². The molecule has 2 aromatic rings. The Morgan fingerprint density at radius 2 is 1.89 bits per heavy atom. The zero-order chi connectivity index (χ0) is 13.3. The van der Waals surface area contributed by atoms with Gasteiger partial charge in [-0.05, 0) is 25.1 Å². The van der Waals surface area contributed by atoms with Crippen molar-refractivity contribution in [3.8, 4) is 11.5 Å². The van der Waals surface area contributed by atoms with Crippen molar-refractivity contribution in [2.75, 3.05) is 0 Å². The number of nitrogens with zero attached hydrogens (tertiary/aromatic N) is 2. The smallest absolute Gasteiger partial charge is 0.157 e. The Bertz CT molecular complexity index is 623. The largest absolute Gasteiger partial charge is 0.341 e. The molecule has 0 saturated heterocycles. The summed E-state index contributed by atoms with van der Waals surface area (Å²) >= 11 is 5.23. The maximum Gasteiger partial charge on any atom is 0.157 e. The fourth-order valence-corrected chi connectivity index (χ4v) is 1.87. The minimum absolute atomic E-state index is 0.00900. The number of rotatable bonds is 1. The summed E-state index contributed by atoms with van der Waals surface area (Å²) in [5.74, 6) is 0.733. The molecule has 0 spiro atoms. The Hall–Kier alpha value is -1.55. The maximum atomic E-state index is 5.23. The Morgan fingerprint density at radius 3 is 2.50 bits per heavy atom. The zero-order valence-electron chi connectivity index (χ0n) is 11.1. The van der Waals surface area contributed by atoms with Gasteiger partial charge in [0.1, 0.15) is 10.3 Å². The standard InChI is InChI=1S/C14H17N3S/c1-9-6-5-7-10(15-9)13-16-11(14(2,3)4)8-12(18)17-13/h5-8H,1-4H3,(H,16,17,18). The van der Waals surface area contributed by atoms with Gasteiger partial charge in [0.2, 0.25) is 0 Å². The van der Waals surface area contributed by atoms with Crippen molar-refractivity contribution in [1.82, 2.24) is 15.0 Å². The molecule has 2 rings (SSSR count). The van der Waals surface area contributed by atoms with Crippen molar-refractivity contribution in [3.05, 3.63) is 40.3 Å². The van der Waals surface area contributed by atoms with E-state index >= 15 is 0 Å². The van der Waals surface area contributed by atoms with Crippen LogP contribution in [0, 0.1) is 11.6 Å². The van der Waals surface area contributed by atoms with E-state index in [0.29, 0.717) is 4.64 Å². The number of aromatic amines is 1. The molecule has 2 aromatic heterocycles. The third-order valence-corrected chi connectivity index (χ3v) is 2.89. The van der Waals surface area contributed by atoms with Crippen molar-refractivity contribution < 1.29 is 0 Å². The van der Waals surface area contributed by atoms with E-state index in [-0.39, 0.29) is 5.41 Å². The van der Waals surface area contributed by atoms with Gasteiger partial charge in [0.05, 0.1) is 0 Å². The molecule has 18 heavy (non-hydrogen) atoms. The number of pyridine rings is 1. The van der Waals surface area contributed by atoms with E-state index < -0.39 is 0 Å². The number of hydrogen-bond acceptors (Lipinski definition) is 3. The highest BCUT2D eigenvalue weighted by Gasteiger charge is 2.16. The first kappa shape index (κ1) is 12.9. The lowest BCUT2D eigenvalue weighted by atomic mass is 9.92. The van der Waals surface area contributed by atoms with Crippen LogP contribution in [0.4, 0.5) is 0 Å². The summed E-state index contributed by atoms with van der Waals surface area (Å²) in [6.45, 7) is 8.38. The van der Waals surface area contributed by atoms with E-state index in [9.17, 15) is 0 Å². The Labute approximate surface area is 112 Å². The maximum absolute atomic E-state index is 5.23. The number of aryl methyl sites for hydroxylation is 1.